The summed E-state index contributed by atoms with van der Waals surface area (Å²) in [5.74, 6) is 0. The molecule has 1 aromatic heterocycles. The van der Waals surface area contributed by atoms with Gasteiger partial charge < -0.3 is 0 Å². The van der Waals surface area contributed by atoms with Gasteiger partial charge in [-0.2, -0.15) is 0 Å². The molecule has 0 amide bonds. The van der Waals surface area contributed by atoms with Gasteiger partial charge in [-0.25, -0.2) is 0 Å². The molecule has 0 unspecified atom stereocenters. The molecule has 1 heterocycles. The first-order valence-corrected chi connectivity index (χ1v) is 7.20. The molecule has 100 valence electrons. The van der Waals surface area contributed by atoms with Crippen molar-refractivity contribution in [3.05, 3.63) is 89.7 Å². The molecule has 2 aromatic carbocycles. The number of rotatable bonds is 2. The van der Waals surface area contributed by atoms with E-state index < -0.39 is 0 Å². The highest BCUT2D eigenvalue weighted by Crippen LogP contribution is 2.31. The molecule has 1 nitrogen and oxygen atoms in total. The highest BCUT2D eigenvalue weighted by Gasteiger charge is 2.14. The van der Waals surface area contributed by atoms with Gasteiger partial charge in [0.15, 0.2) is 0 Å². The van der Waals surface area contributed by atoms with E-state index in [0.717, 1.165) is 12.1 Å². The van der Waals surface area contributed by atoms with Crippen molar-refractivity contribution < 1.29 is 0 Å². The van der Waals surface area contributed by atoms with E-state index in [0.29, 0.717) is 0 Å². The molecule has 4 rings (SSSR count). The summed E-state index contributed by atoms with van der Waals surface area (Å²) in [6, 6.07) is 23.5. The molecule has 0 atom stereocenters. The van der Waals surface area contributed by atoms with Gasteiger partial charge in [0.05, 0.1) is 5.69 Å². The Labute approximate surface area is 124 Å². The van der Waals surface area contributed by atoms with Crippen LogP contribution in [-0.4, -0.2) is 4.98 Å². The quantitative estimate of drug-likeness (QED) is 0.648. The Morgan fingerprint density at radius 3 is 2.14 bits per heavy atom. The van der Waals surface area contributed by atoms with Crippen molar-refractivity contribution in [3.8, 4) is 11.1 Å². The van der Waals surface area contributed by atoms with Gasteiger partial charge in [0, 0.05) is 12.6 Å². The van der Waals surface area contributed by atoms with Crippen LogP contribution in [0.3, 0.4) is 0 Å². The standard InChI is InChI=1S/C20H15N/c1-2-5-15(6-3-1)16-8-10-17(11-9-16)19-13-18-7-4-12-21-20(18)14-19/h1-12,14H,13H2. The van der Waals surface area contributed by atoms with E-state index in [1.165, 1.54) is 27.8 Å². The van der Waals surface area contributed by atoms with Crippen molar-refractivity contribution >= 4 is 11.6 Å². The van der Waals surface area contributed by atoms with E-state index in [4.69, 9.17) is 0 Å². The maximum absolute atomic E-state index is 4.42. The summed E-state index contributed by atoms with van der Waals surface area (Å²) in [5, 5.41) is 0. The van der Waals surface area contributed by atoms with Gasteiger partial charge in [0.25, 0.3) is 0 Å². The van der Waals surface area contributed by atoms with Gasteiger partial charge in [-0.05, 0) is 40.0 Å². The maximum Gasteiger partial charge on any atom is 0.0668 e. The molecule has 0 radical (unpaired) electrons. The fraction of sp³-hybridized carbons (Fsp3) is 0.0500. The Morgan fingerprint density at radius 1 is 0.667 bits per heavy atom. The van der Waals surface area contributed by atoms with Gasteiger partial charge in [-0.1, -0.05) is 60.7 Å². The Morgan fingerprint density at radius 2 is 1.38 bits per heavy atom. The van der Waals surface area contributed by atoms with E-state index in [1.807, 2.05) is 18.3 Å². The first-order valence-electron chi connectivity index (χ1n) is 7.20. The van der Waals surface area contributed by atoms with Crippen LogP contribution in [0.25, 0.3) is 22.8 Å². The van der Waals surface area contributed by atoms with Crippen molar-refractivity contribution in [2.45, 2.75) is 6.42 Å². The zero-order chi connectivity index (χ0) is 14.1. The molecule has 1 heteroatoms. The average Bonchev–Trinajstić information content (AvgIpc) is 3.00. The first kappa shape index (κ1) is 12.1. The Balaban J connectivity index is 1.64. The molecular weight excluding hydrogens is 254 g/mol. The van der Waals surface area contributed by atoms with E-state index in [-0.39, 0.29) is 0 Å². The van der Waals surface area contributed by atoms with Crippen LogP contribution < -0.4 is 0 Å². The Bertz CT molecular complexity index is 799. The van der Waals surface area contributed by atoms with Crippen molar-refractivity contribution in [2.24, 2.45) is 0 Å². The van der Waals surface area contributed by atoms with Crippen molar-refractivity contribution in [1.29, 1.82) is 0 Å². The number of aromatic nitrogens is 1. The lowest BCUT2D eigenvalue weighted by Gasteiger charge is -2.05. The molecule has 0 spiro atoms. The van der Waals surface area contributed by atoms with Gasteiger partial charge in [0.2, 0.25) is 0 Å². The molecule has 0 N–H and O–H groups in total. The van der Waals surface area contributed by atoms with Crippen LogP contribution in [0.2, 0.25) is 0 Å². The van der Waals surface area contributed by atoms with Crippen LogP contribution in [0.5, 0.6) is 0 Å². The summed E-state index contributed by atoms with van der Waals surface area (Å²) in [7, 11) is 0. The minimum atomic E-state index is 0.980. The first-order chi connectivity index (χ1) is 10.4. The fourth-order valence-corrected chi connectivity index (χ4v) is 2.84. The maximum atomic E-state index is 4.42. The third kappa shape index (κ3) is 2.27. The van der Waals surface area contributed by atoms with Gasteiger partial charge in [-0.15, -0.1) is 0 Å². The topological polar surface area (TPSA) is 12.9 Å². The van der Waals surface area contributed by atoms with E-state index in [2.05, 4.69) is 65.7 Å². The summed E-state index contributed by atoms with van der Waals surface area (Å²) in [6.07, 6.45) is 5.04. The van der Waals surface area contributed by atoms with Crippen LogP contribution >= 0.6 is 0 Å². The highest BCUT2D eigenvalue weighted by molar-refractivity contribution is 5.87. The third-order valence-corrected chi connectivity index (χ3v) is 3.98. The molecule has 1 aliphatic carbocycles. The van der Waals surface area contributed by atoms with E-state index in [1.54, 1.807) is 0 Å². The van der Waals surface area contributed by atoms with Crippen LogP contribution in [0.4, 0.5) is 0 Å². The Kier molecular flexibility index (Phi) is 2.89. The minimum absolute atomic E-state index is 0.980. The lowest BCUT2D eigenvalue weighted by atomic mass is 9.99. The second kappa shape index (κ2) is 5.02. The monoisotopic (exact) mass is 269 g/mol. The zero-order valence-corrected chi connectivity index (χ0v) is 11.7. The minimum Gasteiger partial charge on any atom is -0.257 e. The molecule has 21 heavy (non-hydrogen) atoms. The lowest BCUT2D eigenvalue weighted by Crippen LogP contribution is -1.86. The van der Waals surface area contributed by atoms with Gasteiger partial charge in [-0.3, -0.25) is 4.98 Å². The second-order valence-electron chi connectivity index (χ2n) is 5.34. The number of fused-ring (bicyclic) bond motifs is 1. The summed E-state index contributed by atoms with van der Waals surface area (Å²) in [6.45, 7) is 0. The number of allylic oxidation sites excluding steroid dienone is 1. The second-order valence-corrected chi connectivity index (χ2v) is 5.34. The average molecular weight is 269 g/mol. The number of hydrogen-bond donors (Lipinski definition) is 0. The van der Waals surface area contributed by atoms with Crippen LogP contribution in [0.1, 0.15) is 16.8 Å². The van der Waals surface area contributed by atoms with Gasteiger partial charge >= 0.3 is 0 Å². The summed E-state index contributed by atoms with van der Waals surface area (Å²) in [4.78, 5) is 4.42. The van der Waals surface area contributed by atoms with Crippen molar-refractivity contribution in [2.75, 3.05) is 0 Å². The highest BCUT2D eigenvalue weighted by atomic mass is 14.7. The SMILES string of the molecule is C1=C(c2ccc(-c3ccccc3)cc2)Cc2cccnc21. The predicted octanol–water partition coefficient (Wildman–Crippen LogP) is 4.85. The molecule has 0 saturated carbocycles. The molecule has 0 bridgehead atoms. The van der Waals surface area contributed by atoms with Crippen LogP contribution in [0.15, 0.2) is 72.9 Å². The predicted molar refractivity (Wildman–Crippen MR) is 87.7 cm³/mol. The normalized spacial score (nSPS) is 12.9. The summed E-state index contributed by atoms with van der Waals surface area (Å²) in [5.41, 5.74) is 7.58. The van der Waals surface area contributed by atoms with Gasteiger partial charge in [0.1, 0.15) is 0 Å². The number of hydrogen-bond acceptors (Lipinski definition) is 1. The molecular formula is C20H15N. The van der Waals surface area contributed by atoms with Crippen molar-refractivity contribution in [1.82, 2.24) is 4.98 Å². The number of pyridine rings is 1. The molecule has 0 aliphatic heterocycles. The Hall–Kier alpha value is -2.67. The third-order valence-electron chi connectivity index (χ3n) is 3.98. The van der Waals surface area contributed by atoms with E-state index >= 15 is 0 Å². The zero-order valence-electron chi connectivity index (χ0n) is 11.7. The largest absolute Gasteiger partial charge is 0.257 e. The van der Waals surface area contributed by atoms with Crippen molar-refractivity contribution in [3.63, 3.8) is 0 Å². The summed E-state index contributed by atoms with van der Waals surface area (Å²) >= 11 is 0. The molecule has 3 aromatic rings. The molecule has 0 saturated heterocycles. The number of nitrogens with zero attached hydrogens (tertiary/aromatic N) is 1. The van der Waals surface area contributed by atoms with Crippen LogP contribution in [0, 0.1) is 0 Å². The fourth-order valence-electron chi connectivity index (χ4n) is 2.84. The van der Waals surface area contributed by atoms with Crippen LogP contribution in [-0.2, 0) is 6.42 Å². The smallest absolute Gasteiger partial charge is 0.0668 e. The lowest BCUT2D eigenvalue weighted by molar-refractivity contribution is 1.21. The molecule has 0 fully saturated rings. The molecule has 1 aliphatic rings. The number of benzene rings is 2. The summed E-state index contributed by atoms with van der Waals surface area (Å²) < 4.78 is 0. The van der Waals surface area contributed by atoms with E-state index in [9.17, 15) is 0 Å².